The second kappa shape index (κ2) is 8.08. The van der Waals surface area contributed by atoms with Crippen molar-refractivity contribution in [2.24, 2.45) is 0 Å². The molecule has 0 spiro atoms. The number of ether oxygens (including phenoxy) is 1. The van der Waals surface area contributed by atoms with Crippen LogP contribution in [0.25, 0.3) is 0 Å². The molecular weight excluding hydrogens is 264 g/mol. The number of benzene rings is 3. The van der Waals surface area contributed by atoms with E-state index < -0.39 is 0 Å². The first kappa shape index (κ1) is 14.2. The standard InChI is InChI=1S/C12H10O.C6H6S/c1-3-7-11(8-4-1)13-12-9-5-2-6-10-12;7-6-4-2-1-3-5-6/h1-10H;1-5,7H. The highest BCUT2D eigenvalue weighted by Crippen LogP contribution is 2.19. The van der Waals surface area contributed by atoms with Crippen molar-refractivity contribution in [2.75, 3.05) is 0 Å². The minimum absolute atomic E-state index is 0.869. The van der Waals surface area contributed by atoms with Crippen molar-refractivity contribution < 1.29 is 4.74 Å². The van der Waals surface area contributed by atoms with Crippen LogP contribution >= 0.6 is 12.6 Å². The Morgan fingerprint density at radius 1 is 0.500 bits per heavy atom. The molecule has 0 radical (unpaired) electrons. The highest BCUT2D eigenvalue weighted by Gasteiger charge is 1.92. The summed E-state index contributed by atoms with van der Waals surface area (Å²) in [6.45, 7) is 0. The predicted octanol–water partition coefficient (Wildman–Crippen LogP) is 5.45. The monoisotopic (exact) mass is 280 g/mol. The van der Waals surface area contributed by atoms with Gasteiger partial charge < -0.3 is 4.74 Å². The van der Waals surface area contributed by atoms with Gasteiger partial charge in [-0.05, 0) is 36.4 Å². The van der Waals surface area contributed by atoms with Crippen LogP contribution in [0.3, 0.4) is 0 Å². The van der Waals surface area contributed by atoms with Crippen LogP contribution in [0.5, 0.6) is 11.5 Å². The lowest BCUT2D eigenvalue weighted by Crippen LogP contribution is -1.81. The molecule has 0 aromatic heterocycles. The number of para-hydroxylation sites is 2. The van der Waals surface area contributed by atoms with E-state index in [-0.39, 0.29) is 0 Å². The van der Waals surface area contributed by atoms with E-state index in [4.69, 9.17) is 4.74 Å². The maximum atomic E-state index is 5.58. The maximum absolute atomic E-state index is 5.58. The smallest absolute Gasteiger partial charge is 0.127 e. The third kappa shape index (κ3) is 5.21. The first-order chi connectivity index (χ1) is 9.84. The third-order valence-electron chi connectivity index (χ3n) is 2.48. The van der Waals surface area contributed by atoms with Gasteiger partial charge in [0, 0.05) is 4.90 Å². The van der Waals surface area contributed by atoms with E-state index in [0.717, 1.165) is 16.4 Å². The molecule has 0 saturated carbocycles. The van der Waals surface area contributed by atoms with E-state index in [2.05, 4.69) is 12.6 Å². The Hall–Kier alpha value is -2.19. The van der Waals surface area contributed by atoms with Crippen LogP contribution in [0.15, 0.2) is 95.9 Å². The molecule has 100 valence electrons. The first-order valence-electron chi connectivity index (χ1n) is 6.36. The van der Waals surface area contributed by atoms with Crippen molar-refractivity contribution in [1.29, 1.82) is 0 Å². The molecule has 0 heterocycles. The van der Waals surface area contributed by atoms with Gasteiger partial charge in [0.2, 0.25) is 0 Å². The Balaban J connectivity index is 0.000000178. The molecule has 3 rings (SSSR count). The Bertz CT molecular complexity index is 557. The van der Waals surface area contributed by atoms with E-state index in [0.29, 0.717) is 0 Å². The molecule has 3 aromatic carbocycles. The fourth-order valence-electron chi connectivity index (χ4n) is 1.54. The van der Waals surface area contributed by atoms with Gasteiger partial charge >= 0.3 is 0 Å². The predicted molar refractivity (Wildman–Crippen MR) is 86.7 cm³/mol. The second-order valence-electron chi connectivity index (χ2n) is 4.06. The molecule has 0 N–H and O–H groups in total. The van der Waals surface area contributed by atoms with E-state index in [1.54, 1.807) is 0 Å². The topological polar surface area (TPSA) is 9.23 Å². The highest BCUT2D eigenvalue weighted by molar-refractivity contribution is 7.80. The van der Waals surface area contributed by atoms with Gasteiger partial charge in [0.1, 0.15) is 11.5 Å². The van der Waals surface area contributed by atoms with E-state index in [1.165, 1.54) is 0 Å². The summed E-state index contributed by atoms with van der Waals surface area (Å²) in [6, 6.07) is 29.3. The number of thiol groups is 1. The van der Waals surface area contributed by atoms with Gasteiger partial charge in [0.05, 0.1) is 0 Å². The summed E-state index contributed by atoms with van der Waals surface area (Å²) in [5, 5.41) is 0. The normalized spacial score (nSPS) is 9.25. The van der Waals surface area contributed by atoms with Crippen LogP contribution in [0.2, 0.25) is 0 Å². The largest absolute Gasteiger partial charge is 0.457 e. The van der Waals surface area contributed by atoms with E-state index in [1.807, 2.05) is 91.0 Å². The minimum Gasteiger partial charge on any atom is -0.457 e. The fraction of sp³-hybridized carbons (Fsp3) is 0. The van der Waals surface area contributed by atoms with Gasteiger partial charge in [-0.1, -0.05) is 54.6 Å². The van der Waals surface area contributed by atoms with Crippen molar-refractivity contribution in [2.45, 2.75) is 4.90 Å². The van der Waals surface area contributed by atoms with Crippen molar-refractivity contribution in [1.82, 2.24) is 0 Å². The van der Waals surface area contributed by atoms with Gasteiger partial charge in [0.15, 0.2) is 0 Å². The molecule has 0 aliphatic carbocycles. The molecule has 0 amide bonds. The van der Waals surface area contributed by atoms with Crippen LogP contribution in [0.4, 0.5) is 0 Å². The van der Waals surface area contributed by atoms with Crippen molar-refractivity contribution in [3.05, 3.63) is 91.0 Å². The zero-order valence-corrected chi connectivity index (χ0v) is 11.9. The van der Waals surface area contributed by atoms with Crippen LogP contribution < -0.4 is 4.74 Å². The summed E-state index contributed by atoms with van der Waals surface area (Å²) < 4.78 is 5.58. The molecule has 20 heavy (non-hydrogen) atoms. The zero-order chi connectivity index (χ0) is 14.0. The van der Waals surface area contributed by atoms with Gasteiger partial charge in [-0.3, -0.25) is 0 Å². The molecule has 0 bridgehead atoms. The third-order valence-corrected chi connectivity index (χ3v) is 2.78. The van der Waals surface area contributed by atoms with E-state index >= 15 is 0 Å². The highest BCUT2D eigenvalue weighted by atomic mass is 32.1. The molecule has 0 aliphatic heterocycles. The minimum atomic E-state index is 0.869. The quantitative estimate of drug-likeness (QED) is 0.614. The number of hydrogen-bond donors (Lipinski definition) is 1. The average Bonchev–Trinajstić information content (AvgIpc) is 2.51. The zero-order valence-electron chi connectivity index (χ0n) is 11.0. The van der Waals surface area contributed by atoms with Crippen molar-refractivity contribution in [3.63, 3.8) is 0 Å². The fourth-order valence-corrected chi connectivity index (χ4v) is 1.71. The van der Waals surface area contributed by atoms with Gasteiger partial charge in [0.25, 0.3) is 0 Å². The molecule has 0 saturated heterocycles. The number of hydrogen-bond acceptors (Lipinski definition) is 2. The lowest BCUT2D eigenvalue weighted by Gasteiger charge is -2.03. The van der Waals surface area contributed by atoms with E-state index in [9.17, 15) is 0 Å². The summed E-state index contributed by atoms with van der Waals surface area (Å²) >= 11 is 4.08. The molecule has 1 nitrogen and oxygen atoms in total. The van der Waals surface area contributed by atoms with Gasteiger partial charge in [-0.25, -0.2) is 0 Å². The lowest BCUT2D eigenvalue weighted by atomic mass is 10.3. The molecule has 2 heteroatoms. The van der Waals surface area contributed by atoms with Crippen LogP contribution in [0.1, 0.15) is 0 Å². The number of rotatable bonds is 2. The van der Waals surface area contributed by atoms with Crippen LogP contribution in [-0.4, -0.2) is 0 Å². The Kier molecular flexibility index (Phi) is 5.74. The second-order valence-corrected chi connectivity index (χ2v) is 4.58. The summed E-state index contributed by atoms with van der Waals surface area (Å²) in [7, 11) is 0. The molecule has 0 aliphatic rings. The Labute approximate surface area is 125 Å². The maximum Gasteiger partial charge on any atom is 0.127 e. The first-order valence-corrected chi connectivity index (χ1v) is 6.81. The molecule has 0 atom stereocenters. The SMILES string of the molecule is Sc1ccccc1.c1ccc(Oc2ccccc2)cc1. The Morgan fingerprint density at radius 3 is 1.15 bits per heavy atom. The van der Waals surface area contributed by atoms with Crippen molar-refractivity contribution >= 4 is 12.6 Å². The van der Waals surface area contributed by atoms with Crippen molar-refractivity contribution in [3.8, 4) is 11.5 Å². The molecule has 3 aromatic rings. The van der Waals surface area contributed by atoms with Crippen LogP contribution in [-0.2, 0) is 0 Å². The molecule has 0 unspecified atom stereocenters. The summed E-state index contributed by atoms with van der Waals surface area (Å²) in [4.78, 5) is 1.02. The van der Waals surface area contributed by atoms with Gasteiger partial charge in [-0.2, -0.15) is 0 Å². The summed E-state index contributed by atoms with van der Waals surface area (Å²) in [6.07, 6.45) is 0. The Morgan fingerprint density at radius 2 is 0.850 bits per heavy atom. The van der Waals surface area contributed by atoms with Crippen LogP contribution in [0, 0.1) is 0 Å². The lowest BCUT2D eigenvalue weighted by molar-refractivity contribution is 0.482. The molecule has 0 fully saturated rings. The summed E-state index contributed by atoms with van der Waals surface area (Å²) in [5.74, 6) is 1.74. The molecular formula is C18H16OS. The average molecular weight is 280 g/mol. The van der Waals surface area contributed by atoms with Gasteiger partial charge in [-0.15, -0.1) is 12.6 Å². The summed E-state index contributed by atoms with van der Waals surface area (Å²) in [5.41, 5.74) is 0.